The lowest BCUT2D eigenvalue weighted by Crippen LogP contribution is -2.14. The molecule has 8 heteroatoms. The van der Waals surface area contributed by atoms with Crippen LogP contribution in [0.4, 0.5) is 5.69 Å². The summed E-state index contributed by atoms with van der Waals surface area (Å²) in [6.07, 6.45) is 1.45. The summed E-state index contributed by atoms with van der Waals surface area (Å²) in [6, 6.07) is 12.3. The number of anilines is 1. The minimum Gasteiger partial charge on any atom is -0.494 e. The van der Waals surface area contributed by atoms with Gasteiger partial charge in [0.15, 0.2) is 0 Å². The summed E-state index contributed by atoms with van der Waals surface area (Å²) in [5.74, 6) is 0.855. The zero-order valence-electron chi connectivity index (χ0n) is 13.8. The molecule has 0 radical (unpaired) electrons. The van der Waals surface area contributed by atoms with Crippen molar-refractivity contribution in [3.63, 3.8) is 0 Å². The number of ether oxygens (including phenoxy) is 2. The third-order valence-corrected chi connectivity index (χ3v) is 3.46. The molecule has 0 spiro atoms. The van der Waals surface area contributed by atoms with Crippen LogP contribution >= 0.6 is 0 Å². The number of methoxy groups -OCH3 is 1. The molecule has 3 aromatic rings. The lowest BCUT2D eigenvalue weighted by molar-refractivity contribution is 0.102. The van der Waals surface area contributed by atoms with E-state index in [-0.39, 0.29) is 5.91 Å². The molecule has 0 saturated carbocycles. The van der Waals surface area contributed by atoms with Crippen LogP contribution in [0.1, 0.15) is 17.3 Å². The average Bonchev–Trinajstić information content (AvgIpc) is 3.17. The van der Waals surface area contributed by atoms with Gasteiger partial charge in [0.25, 0.3) is 5.91 Å². The Labute approximate surface area is 144 Å². The zero-order chi connectivity index (χ0) is 17.6. The molecule has 1 N–H and O–H groups in total. The first-order valence-electron chi connectivity index (χ1n) is 7.67. The van der Waals surface area contributed by atoms with Gasteiger partial charge < -0.3 is 14.8 Å². The minimum absolute atomic E-state index is 0.267. The third-order valence-electron chi connectivity index (χ3n) is 3.46. The van der Waals surface area contributed by atoms with Crippen LogP contribution in [-0.2, 0) is 0 Å². The molecular weight excluding hydrogens is 322 g/mol. The van der Waals surface area contributed by atoms with E-state index >= 15 is 0 Å². The van der Waals surface area contributed by atoms with Crippen molar-refractivity contribution in [1.82, 2.24) is 20.2 Å². The molecule has 0 aliphatic carbocycles. The molecule has 0 saturated heterocycles. The fourth-order valence-corrected chi connectivity index (χ4v) is 2.35. The number of hydrogen-bond acceptors (Lipinski definition) is 6. The van der Waals surface area contributed by atoms with Gasteiger partial charge in [0.05, 0.1) is 19.3 Å². The standard InChI is InChI=1S/C17H17N5O3/c1-3-25-15-7-5-4-6-13(15)17(23)19-12-8-9-16(24-2)14(10-12)22-11-18-20-21-22/h4-11H,3H2,1-2H3,(H,19,23). The number of aromatic nitrogens is 4. The molecule has 1 aromatic heterocycles. The second-order valence-electron chi connectivity index (χ2n) is 5.02. The number of hydrogen-bond donors (Lipinski definition) is 1. The van der Waals surface area contributed by atoms with Crippen LogP contribution in [0.15, 0.2) is 48.8 Å². The van der Waals surface area contributed by atoms with Crippen molar-refractivity contribution in [1.29, 1.82) is 0 Å². The smallest absolute Gasteiger partial charge is 0.259 e. The lowest BCUT2D eigenvalue weighted by atomic mass is 10.1. The number of nitrogens with one attached hydrogen (secondary N) is 1. The number of rotatable bonds is 6. The first-order valence-corrected chi connectivity index (χ1v) is 7.67. The number of carbonyl (C=O) groups is 1. The Morgan fingerprint density at radius 2 is 2.04 bits per heavy atom. The van der Waals surface area contributed by atoms with Gasteiger partial charge in [-0.2, -0.15) is 4.68 Å². The topological polar surface area (TPSA) is 91.2 Å². The molecule has 128 valence electrons. The fraction of sp³-hybridized carbons (Fsp3) is 0.176. The van der Waals surface area contributed by atoms with Crippen molar-refractivity contribution in [3.05, 3.63) is 54.4 Å². The summed E-state index contributed by atoms with van der Waals surface area (Å²) in [6.45, 7) is 2.35. The van der Waals surface area contributed by atoms with E-state index in [1.54, 1.807) is 43.5 Å². The predicted molar refractivity (Wildman–Crippen MR) is 91.3 cm³/mol. The van der Waals surface area contributed by atoms with E-state index in [1.165, 1.54) is 11.0 Å². The number of para-hydroxylation sites is 1. The highest BCUT2D eigenvalue weighted by molar-refractivity contribution is 6.06. The van der Waals surface area contributed by atoms with Crippen molar-refractivity contribution in [2.75, 3.05) is 19.0 Å². The summed E-state index contributed by atoms with van der Waals surface area (Å²) in [5.41, 5.74) is 1.66. The Hall–Kier alpha value is -3.42. The maximum atomic E-state index is 12.6. The second kappa shape index (κ2) is 7.43. The largest absolute Gasteiger partial charge is 0.494 e. The first kappa shape index (κ1) is 16.4. The van der Waals surface area contributed by atoms with Crippen LogP contribution in [-0.4, -0.2) is 39.8 Å². The molecule has 2 aromatic carbocycles. The Morgan fingerprint density at radius 3 is 2.76 bits per heavy atom. The highest BCUT2D eigenvalue weighted by Crippen LogP contribution is 2.26. The van der Waals surface area contributed by atoms with Crippen molar-refractivity contribution in [2.24, 2.45) is 0 Å². The molecular formula is C17H17N5O3. The molecule has 0 unspecified atom stereocenters. The monoisotopic (exact) mass is 339 g/mol. The third kappa shape index (κ3) is 3.57. The summed E-state index contributed by atoms with van der Waals surface area (Å²) in [7, 11) is 1.56. The molecule has 8 nitrogen and oxygen atoms in total. The van der Waals surface area contributed by atoms with E-state index in [0.717, 1.165) is 0 Å². The highest BCUT2D eigenvalue weighted by Gasteiger charge is 2.14. The number of carbonyl (C=O) groups excluding carboxylic acids is 1. The molecule has 3 rings (SSSR count). The Balaban J connectivity index is 1.88. The minimum atomic E-state index is -0.267. The molecule has 25 heavy (non-hydrogen) atoms. The zero-order valence-corrected chi connectivity index (χ0v) is 13.8. The SMILES string of the molecule is CCOc1ccccc1C(=O)Nc1ccc(OC)c(-n2cnnn2)c1. The van der Waals surface area contributed by atoms with Gasteiger partial charge in [-0.25, -0.2) is 0 Å². The molecule has 1 heterocycles. The van der Waals surface area contributed by atoms with Crippen LogP contribution in [0.25, 0.3) is 5.69 Å². The van der Waals surface area contributed by atoms with Crippen LogP contribution < -0.4 is 14.8 Å². The summed E-state index contributed by atoms with van der Waals surface area (Å²) in [5, 5.41) is 13.9. The van der Waals surface area contributed by atoms with Crippen LogP contribution in [0, 0.1) is 0 Å². The Bertz CT molecular complexity index is 864. The Kier molecular flexibility index (Phi) is 4.89. The fourth-order valence-electron chi connectivity index (χ4n) is 2.35. The molecule has 0 atom stereocenters. The van der Waals surface area contributed by atoms with Crippen LogP contribution in [0.3, 0.4) is 0 Å². The number of tetrazole rings is 1. The normalized spacial score (nSPS) is 10.3. The molecule has 0 aliphatic rings. The number of benzene rings is 2. The van der Waals surface area contributed by atoms with Gasteiger partial charge in [-0.15, -0.1) is 5.10 Å². The lowest BCUT2D eigenvalue weighted by Gasteiger charge is -2.12. The van der Waals surface area contributed by atoms with E-state index in [2.05, 4.69) is 20.8 Å². The van der Waals surface area contributed by atoms with E-state index in [9.17, 15) is 4.79 Å². The van der Waals surface area contributed by atoms with Crippen molar-refractivity contribution < 1.29 is 14.3 Å². The maximum absolute atomic E-state index is 12.6. The second-order valence-corrected chi connectivity index (χ2v) is 5.02. The van der Waals surface area contributed by atoms with Crippen LogP contribution in [0.2, 0.25) is 0 Å². The van der Waals surface area contributed by atoms with Gasteiger partial charge in [-0.05, 0) is 47.7 Å². The highest BCUT2D eigenvalue weighted by atomic mass is 16.5. The Morgan fingerprint density at radius 1 is 1.20 bits per heavy atom. The quantitative estimate of drug-likeness (QED) is 0.741. The van der Waals surface area contributed by atoms with Gasteiger partial charge >= 0.3 is 0 Å². The molecule has 0 bridgehead atoms. The van der Waals surface area contributed by atoms with Gasteiger partial charge in [0, 0.05) is 5.69 Å². The van der Waals surface area contributed by atoms with E-state index < -0.39 is 0 Å². The maximum Gasteiger partial charge on any atom is 0.259 e. The van der Waals surface area contributed by atoms with Gasteiger partial charge in [-0.1, -0.05) is 12.1 Å². The van der Waals surface area contributed by atoms with E-state index in [4.69, 9.17) is 9.47 Å². The van der Waals surface area contributed by atoms with E-state index in [0.29, 0.717) is 35.0 Å². The van der Waals surface area contributed by atoms with Gasteiger partial charge in [0.1, 0.15) is 23.5 Å². The van der Waals surface area contributed by atoms with Crippen molar-refractivity contribution in [3.8, 4) is 17.2 Å². The summed E-state index contributed by atoms with van der Waals surface area (Å²) < 4.78 is 12.3. The first-order chi connectivity index (χ1) is 12.2. The van der Waals surface area contributed by atoms with Crippen molar-refractivity contribution in [2.45, 2.75) is 6.92 Å². The summed E-state index contributed by atoms with van der Waals surface area (Å²) >= 11 is 0. The molecule has 1 amide bonds. The average molecular weight is 339 g/mol. The molecule has 0 aliphatic heterocycles. The summed E-state index contributed by atoms with van der Waals surface area (Å²) in [4.78, 5) is 12.6. The number of nitrogens with zero attached hydrogens (tertiary/aromatic N) is 4. The van der Waals surface area contributed by atoms with Crippen molar-refractivity contribution >= 4 is 11.6 Å². The van der Waals surface area contributed by atoms with E-state index in [1.807, 2.05) is 13.0 Å². The number of amides is 1. The van der Waals surface area contributed by atoms with Crippen LogP contribution in [0.5, 0.6) is 11.5 Å². The van der Waals surface area contributed by atoms with Gasteiger partial charge in [-0.3, -0.25) is 4.79 Å². The molecule has 0 fully saturated rings. The predicted octanol–water partition coefficient (Wildman–Crippen LogP) is 2.32. The van der Waals surface area contributed by atoms with Gasteiger partial charge in [0.2, 0.25) is 0 Å².